The lowest BCUT2D eigenvalue weighted by Crippen LogP contribution is -2.10. The minimum absolute atomic E-state index is 0.171. The summed E-state index contributed by atoms with van der Waals surface area (Å²) in [5.41, 5.74) is -0.490. The van der Waals surface area contributed by atoms with Crippen molar-refractivity contribution in [2.24, 2.45) is 0 Å². The Labute approximate surface area is 124 Å². The molecule has 106 valence electrons. The Morgan fingerprint density at radius 2 is 1.81 bits per heavy atom. The number of nitrogens with zero attached hydrogens (tertiary/aromatic N) is 1. The Morgan fingerprint density at radius 3 is 2.57 bits per heavy atom. The van der Waals surface area contributed by atoms with Crippen LogP contribution in [0.4, 0.5) is 13.2 Å². The fourth-order valence-electron chi connectivity index (χ4n) is 1.96. The molecule has 0 spiro atoms. The Morgan fingerprint density at radius 1 is 1.10 bits per heavy atom. The number of halogens is 4. The van der Waals surface area contributed by atoms with Crippen LogP contribution in [0.15, 0.2) is 39.6 Å². The van der Waals surface area contributed by atoms with Crippen LogP contribution in [-0.4, -0.2) is 9.97 Å². The average molecular weight is 355 g/mol. The highest BCUT2D eigenvalue weighted by Crippen LogP contribution is 2.30. The molecule has 0 unspecified atom stereocenters. The van der Waals surface area contributed by atoms with E-state index < -0.39 is 27.5 Å². The van der Waals surface area contributed by atoms with Crippen molar-refractivity contribution in [3.63, 3.8) is 0 Å². The number of aromatic nitrogens is 2. The minimum Gasteiger partial charge on any atom is -0.306 e. The topological polar surface area (TPSA) is 45.8 Å². The van der Waals surface area contributed by atoms with Crippen LogP contribution in [0.2, 0.25) is 0 Å². The number of benzene rings is 2. The molecular weight excluding hydrogens is 349 g/mol. The van der Waals surface area contributed by atoms with Crippen LogP contribution >= 0.6 is 15.9 Å². The predicted molar refractivity (Wildman–Crippen MR) is 75.4 cm³/mol. The highest BCUT2D eigenvalue weighted by Gasteiger charge is 2.19. The Hall–Kier alpha value is -2.15. The molecule has 0 aliphatic carbocycles. The second-order valence-electron chi connectivity index (χ2n) is 4.28. The van der Waals surface area contributed by atoms with Crippen molar-refractivity contribution in [2.75, 3.05) is 0 Å². The van der Waals surface area contributed by atoms with E-state index in [4.69, 9.17) is 0 Å². The third-order valence-electron chi connectivity index (χ3n) is 2.97. The van der Waals surface area contributed by atoms with Gasteiger partial charge in [0.2, 0.25) is 0 Å². The molecule has 3 rings (SSSR count). The lowest BCUT2D eigenvalue weighted by atomic mass is 10.1. The smallest absolute Gasteiger partial charge is 0.259 e. The zero-order valence-corrected chi connectivity index (χ0v) is 11.8. The largest absolute Gasteiger partial charge is 0.306 e. The average Bonchev–Trinajstić information content (AvgIpc) is 2.49. The monoisotopic (exact) mass is 354 g/mol. The molecule has 0 saturated heterocycles. The molecule has 0 fully saturated rings. The molecule has 21 heavy (non-hydrogen) atoms. The fraction of sp³-hybridized carbons (Fsp3) is 0. The first-order valence-corrected chi connectivity index (χ1v) is 6.60. The lowest BCUT2D eigenvalue weighted by molar-refractivity contribution is 0.489. The third-order valence-corrected chi connectivity index (χ3v) is 3.67. The van der Waals surface area contributed by atoms with Gasteiger partial charge in [-0.1, -0.05) is 12.1 Å². The second-order valence-corrected chi connectivity index (χ2v) is 5.07. The molecule has 0 aliphatic rings. The van der Waals surface area contributed by atoms with E-state index in [0.717, 1.165) is 0 Å². The van der Waals surface area contributed by atoms with Crippen LogP contribution in [0.3, 0.4) is 0 Å². The number of H-pyrrole nitrogens is 1. The number of hydrogen-bond acceptors (Lipinski definition) is 2. The summed E-state index contributed by atoms with van der Waals surface area (Å²) in [6, 6.07) is 7.11. The Bertz CT molecular complexity index is 924. The summed E-state index contributed by atoms with van der Waals surface area (Å²) >= 11 is 2.64. The maximum atomic E-state index is 14.0. The van der Waals surface area contributed by atoms with Gasteiger partial charge in [-0.3, -0.25) is 4.79 Å². The quantitative estimate of drug-likeness (QED) is 0.534. The number of fused-ring (bicyclic) bond motifs is 1. The Kier molecular flexibility index (Phi) is 3.29. The first kappa shape index (κ1) is 13.8. The van der Waals surface area contributed by atoms with Crippen molar-refractivity contribution in [3.05, 3.63) is 62.6 Å². The molecule has 1 heterocycles. The molecule has 0 radical (unpaired) electrons. The molecule has 0 amide bonds. The van der Waals surface area contributed by atoms with E-state index in [1.165, 1.54) is 0 Å². The van der Waals surface area contributed by atoms with Crippen molar-refractivity contribution in [1.29, 1.82) is 0 Å². The van der Waals surface area contributed by atoms with Gasteiger partial charge in [0.05, 0.1) is 20.9 Å². The summed E-state index contributed by atoms with van der Waals surface area (Å²) in [6.45, 7) is 0. The van der Waals surface area contributed by atoms with E-state index >= 15 is 0 Å². The summed E-state index contributed by atoms with van der Waals surface area (Å²) < 4.78 is 40.1. The number of hydrogen-bond donors (Lipinski definition) is 1. The van der Waals surface area contributed by atoms with Crippen LogP contribution in [-0.2, 0) is 0 Å². The summed E-state index contributed by atoms with van der Waals surface area (Å²) in [7, 11) is 0. The van der Waals surface area contributed by atoms with Crippen molar-refractivity contribution in [3.8, 4) is 11.4 Å². The molecule has 7 heteroatoms. The van der Waals surface area contributed by atoms with Gasteiger partial charge in [-0.25, -0.2) is 18.2 Å². The van der Waals surface area contributed by atoms with Gasteiger partial charge in [0.25, 0.3) is 5.56 Å². The number of nitrogens with one attached hydrogen (secondary N) is 1. The van der Waals surface area contributed by atoms with E-state index in [0.29, 0.717) is 17.0 Å². The van der Waals surface area contributed by atoms with Gasteiger partial charge in [0, 0.05) is 0 Å². The van der Waals surface area contributed by atoms with Gasteiger partial charge in [0.15, 0.2) is 17.5 Å². The number of rotatable bonds is 1. The van der Waals surface area contributed by atoms with Crippen LogP contribution in [0.25, 0.3) is 22.3 Å². The molecular formula is C14H6BrF3N2O. The van der Waals surface area contributed by atoms with Crippen molar-refractivity contribution in [2.45, 2.75) is 0 Å². The van der Waals surface area contributed by atoms with Crippen LogP contribution in [0.5, 0.6) is 0 Å². The summed E-state index contributed by atoms with van der Waals surface area (Å²) in [5, 5.41) is 0.323. The van der Waals surface area contributed by atoms with Gasteiger partial charge < -0.3 is 4.98 Å². The normalized spacial score (nSPS) is 11.0. The highest BCUT2D eigenvalue weighted by atomic mass is 79.9. The third kappa shape index (κ3) is 2.23. The Balaban J connectivity index is 2.34. The molecule has 0 saturated carbocycles. The predicted octanol–water partition coefficient (Wildman–Crippen LogP) is 3.77. The second kappa shape index (κ2) is 5.00. The van der Waals surface area contributed by atoms with Gasteiger partial charge >= 0.3 is 0 Å². The molecule has 0 bridgehead atoms. The first-order chi connectivity index (χ1) is 9.99. The van der Waals surface area contributed by atoms with E-state index in [-0.39, 0.29) is 11.4 Å². The van der Waals surface area contributed by atoms with Gasteiger partial charge in [-0.05, 0) is 34.1 Å². The zero-order chi connectivity index (χ0) is 15.1. The molecule has 1 aromatic heterocycles. The van der Waals surface area contributed by atoms with Crippen LogP contribution < -0.4 is 5.56 Å². The first-order valence-electron chi connectivity index (χ1n) is 5.81. The summed E-state index contributed by atoms with van der Waals surface area (Å²) in [4.78, 5) is 18.4. The molecule has 2 aromatic carbocycles. The minimum atomic E-state index is -1.33. The van der Waals surface area contributed by atoms with E-state index in [9.17, 15) is 18.0 Å². The summed E-state index contributed by atoms with van der Waals surface area (Å²) in [5.74, 6) is -3.78. The number of para-hydroxylation sites is 1. The molecule has 3 nitrogen and oxygen atoms in total. The van der Waals surface area contributed by atoms with E-state index in [2.05, 4.69) is 25.9 Å². The standard InChI is InChI=1S/C14H6BrF3N2O/c15-10-11(17)7(5-8(16)12(10)18)13-19-9-4-2-1-3-6(9)14(21)20-13/h1-5H,(H,19,20,21). The SMILES string of the molecule is O=c1[nH]c(-c2cc(F)c(F)c(Br)c2F)nc2ccccc12. The van der Waals surface area contributed by atoms with E-state index in [1.54, 1.807) is 24.3 Å². The van der Waals surface area contributed by atoms with Gasteiger partial charge in [-0.15, -0.1) is 0 Å². The molecule has 3 aromatic rings. The van der Waals surface area contributed by atoms with Crippen LogP contribution in [0.1, 0.15) is 0 Å². The highest BCUT2D eigenvalue weighted by molar-refractivity contribution is 9.10. The lowest BCUT2D eigenvalue weighted by Gasteiger charge is -2.07. The molecule has 0 aliphatic heterocycles. The van der Waals surface area contributed by atoms with Crippen LogP contribution in [0, 0.1) is 17.5 Å². The summed E-state index contributed by atoms with van der Waals surface area (Å²) in [6.07, 6.45) is 0. The number of aromatic amines is 1. The van der Waals surface area contributed by atoms with Gasteiger partial charge in [0.1, 0.15) is 5.82 Å². The maximum absolute atomic E-state index is 14.0. The van der Waals surface area contributed by atoms with Gasteiger partial charge in [-0.2, -0.15) is 0 Å². The maximum Gasteiger partial charge on any atom is 0.259 e. The van der Waals surface area contributed by atoms with Crippen molar-refractivity contribution in [1.82, 2.24) is 9.97 Å². The molecule has 1 N–H and O–H groups in total. The van der Waals surface area contributed by atoms with Crippen molar-refractivity contribution >= 4 is 26.8 Å². The van der Waals surface area contributed by atoms with Crippen molar-refractivity contribution < 1.29 is 13.2 Å². The van der Waals surface area contributed by atoms with E-state index in [1.807, 2.05) is 0 Å². The molecule has 0 atom stereocenters. The fourth-order valence-corrected chi connectivity index (χ4v) is 2.36. The zero-order valence-electron chi connectivity index (χ0n) is 10.3.